The fourth-order valence-corrected chi connectivity index (χ4v) is 0.995. The average Bonchev–Trinajstić information content (AvgIpc) is 2.33. The van der Waals surface area contributed by atoms with Gasteiger partial charge in [-0.25, -0.2) is 0 Å². The Hall–Kier alpha value is 0.396. The first kappa shape index (κ1) is 11.4. The van der Waals surface area contributed by atoms with Crippen molar-refractivity contribution in [3.63, 3.8) is 0 Å². The Morgan fingerprint density at radius 1 is 1.00 bits per heavy atom. The van der Waals surface area contributed by atoms with E-state index in [1.807, 2.05) is 18.3 Å². The van der Waals surface area contributed by atoms with E-state index in [2.05, 4.69) is 23.2 Å². The van der Waals surface area contributed by atoms with E-state index in [0.717, 1.165) is 0 Å². The third kappa shape index (κ3) is 2.42. The van der Waals surface area contributed by atoms with Crippen LogP contribution in [0.1, 0.15) is 0 Å². The van der Waals surface area contributed by atoms with Crippen molar-refractivity contribution in [2.24, 2.45) is 0 Å². The summed E-state index contributed by atoms with van der Waals surface area (Å²) in [6.07, 6.45) is 1.95. The van der Waals surface area contributed by atoms with Gasteiger partial charge in [-0.15, -0.1) is 0 Å². The minimum atomic E-state index is 0. The Labute approximate surface area is 110 Å². The van der Waals surface area contributed by atoms with Gasteiger partial charge in [0.2, 0.25) is 0 Å². The van der Waals surface area contributed by atoms with Gasteiger partial charge < -0.3 is 12.4 Å². The predicted octanol–water partition coefficient (Wildman–Crippen LogP) is -0.378. The average molecular weight is 171 g/mol. The zero-order valence-electron chi connectivity index (χ0n) is 6.96. The minimum absolute atomic E-state index is 0. The topological polar surface area (TPSA) is 15.8 Å². The zero-order valence-corrected chi connectivity index (χ0v) is 10.1. The van der Waals surface area contributed by atoms with Crippen molar-refractivity contribution in [2.45, 2.75) is 0 Å². The van der Waals surface area contributed by atoms with Crippen molar-refractivity contribution in [3.8, 4) is 0 Å². The molecule has 0 saturated heterocycles. The molecule has 2 rings (SSSR count). The van der Waals surface area contributed by atoms with Gasteiger partial charge >= 0.3 is 51.4 Å². The normalized spacial score (nSPS) is 8.36. The van der Waals surface area contributed by atoms with Crippen molar-refractivity contribution >= 4 is 10.9 Å². The van der Waals surface area contributed by atoms with Crippen LogP contribution in [0.25, 0.3) is 10.9 Å². The van der Waals surface area contributed by atoms with E-state index in [1.165, 1.54) is 10.9 Å². The standard InChI is InChI=1S/C8H7N.CH3.K/c1-2-4-8-7(3-1)5-6-9-8;;/h1-6,9H;1H3;/q;-1;+1. The summed E-state index contributed by atoms with van der Waals surface area (Å²) in [7, 11) is 0. The van der Waals surface area contributed by atoms with E-state index in [-0.39, 0.29) is 58.8 Å². The van der Waals surface area contributed by atoms with Gasteiger partial charge in [0.15, 0.2) is 0 Å². The molecule has 1 aromatic carbocycles. The summed E-state index contributed by atoms with van der Waals surface area (Å²) in [4.78, 5) is 3.12. The summed E-state index contributed by atoms with van der Waals surface area (Å²) in [6, 6.07) is 10.3. The molecule has 0 atom stereocenters. The minimum Gasteiger partial charge on any atom is -0.361 e. The van der Waals surface area contributed by atoms with Gasteiger partial charge in [-0.05, 0) is 17.5 Å². The van der Waals surface area contributed by atoms with Crippen molar-refractivity contribution < 1.29 is 51.4 Å². The number of H-pyrrole nitrogens is 1. The van der Waals surface area contributed by atoms with Crippen LogP contribution < -0.4 is 51.4 Å². The Kier molecular flexibility index (Phi) is 5.30. The van der Waals surface area contributed by atoms with Gasteiger partial charge in [0.05, 0.1) is 0 Å². The molecule has 1 aromatic heterocycles. The van der Waals surface area contributed by atoms with E-state index in [4.69, 9.17) is 0 Å². The van der Waals surface area contributed by atoms with E-state index in [9.17, 15) is 0 Å². The molecule has 0 fully saturated rings. The maximum absolute atomic E-state index is 3.12. The van der Waals surface area contributed by atoms with Crippen LogP contribution in [0.3, 0.4) is 0 Å². The van der Waals surface area contributed by atoms with E-state index in [1.54, 1.807) is 0 Å². The van der Waals surface area contributed by atoms with Crippen LogP contribution in [0.15, 0.2) is 36.5 Å². The second-order valence-electron chi connectivity index (χ2n) is 2.06. The quantitative estimate of drug-likeness (QED) is 0.411. The molecule has 0 aliphatic heterocycles. The van der Waals surface area contributed by atoms with E-state index in [0.29, 0.717) is 0 Å². The fourth-order valence-electron chi connectivity index (χ4n) is 0.995. The van der Waals surface area contributed by atoms with Crippen molar-refractivity contribution in [2.75, 3.05) is 0 Å². The third-order valence-electron chi connectivity index (χ3n) is 1.46. The molecule has 2 heteroatoms. The van der Waals surface area contributed by atoms with Gasteiger partial charge in [0, 0.05) is 11.7 Å². The SMILES string of the molecule is [CH3-].[K+].c1ccc2[nH]ccc2c1. The Morgan fingerprint density at radius 3 is 2.45 bits per heavy atom. The molecule has 52 valence electrons. The number of rotatable bonds is 0. The summed E-state index contributed by atoms with van der Waals surface area (Å²) in [6.45, 7) is 0. The molecule has 1 heterocycles. The molecule has 0 spiro atoms. The van der Waals surface area contributed by atoms with Crippen LogP contribution in [0.2, 0.25) is 0 Å². The van der Waals surface area contributed by atoms with E-state index < -0.39 is 0 Å². The molecular formula is C9H10KN. The second kappa shape index (κ2) is 5.11. The van der Waals surface area contributed by atoms with Gasteiger partial charge in [0.25, 0.3) is 0 Å². The van der Waals surface area contributed by atoms with Crippen LogP contribution in [-0.2, 0) is 0 Å². The monoisotopic (exact) mass is 171 g/mol. The van der Waals surface area contributed by atoms with Gasteiger partial charge in [-0.3, -0.25) is 0 Å². The number of para-hydroxylation sites is 1. The summed E-state index contributed by atoms with van der Waals surface area (Å²) in [5.41, 5.74) is 1.21. The molecule has 0 aliphatic carbocycles. The number of hydrogen-bond donors (Lipinski definition) is 1. The van der Waals surface area contributed by atoms with Crippen LogP contribution in [0.4, 0.5) is 0 Å². The number of aromatic amines is 1. The molecule has 1 nitrogen and oxygen atoms in total. The fraction of sp³-hybridized carbons (Fsp3) is 0. The maximum atomic E-state index is 3.12. The molecule has 0 amide bonds. The number of nitrogens with one attached hydrogen (secondary N) is 1. The molecule has 0 bridgehead atoms. The number of aromatic nitrogens is 1. The van der Waals surface area contributed by atoms with Crippen LogP contribution in [-0.4, -0.2) is 4.98 Å². The third-order valence-corrected chi connectivity index (χ3v) is 1.46. The van der Waals surface area contributed by atoms with E-state index >= 15 is 0 Å². The molecule has 0 aliphatic rings. The van der Waals surface area contributed by atoms with Crippen LogP contribution >= 0.6 is 0 Å². The summed E-state index contributed by atoms with van der Waals surface area (Å²) in [5.74, 6) is 0. The van der Waals surface area contributed by atoms with Crippen LogP contribution in [0, 0.1) is 7.43 Å². The Morgan fingerprint density at radius 2 is 1.73 bits per heavy atom. The Bertz CT molecular complexity index is 284. The number of hydrogen-bond acceptors (Lipinski definition) is 0. The largest absolute Gasteiger partial charge is 1.00 e. The smallest absolute Gasteiger partial charge is 0.361 e. The van der Waals surface area contributed by atoms with Gasteiger partial charge in [-0.2, -0.15) is 0 Å². The zero-order chi connectivity index (χ0) is 6.10. The molecular weight excluding hydrogens is 161 g/mol. The Balaban J connectivity index is 0.000000500. The summed E-state index contributed by atoms with van der Waals surface area (Å²) in [5, 5.41) is 1.28. The van der Waals surface area contributed by atoms with Crippen molar-refractivity contribution in [1.29, 1.82) is 0 Å². The molecule has 2 aromatic rings. The van der Waals surface area contributed by atoms with Crippen LogP contribution in [0.5, 0.6) is 0 Å². The summed E-state index contributed by atoms with van der Waals surface area (Å²) < 4.78 is 0. The first-order valence-corrected chi connectivity index (χ1v) is 2.99. The second-order valence-corrected chi connectivity index (χ2v) is 2.06. The van der Waals surface area contributed by atoms with Crippen molar-refractivity contribution in [1.82, 2.24) is 4.98 Å². The summed E-state index contributed by atoms with van der Waals surface area (Å²) >= 11 is 0. The molecule has 0 saturated carbocycles. The first-order chi connectivity index (χ1) is 4.47. The molecule has 0 radical (unpaired) electrons. The maximum Gasteiger partial charge on any atom is 1.00 e. The molecule has 0 unspecified atom stereocenters. The molecule has 1 N–H and O–H groups in total. The molecule has 11 heavy (non-hydrogen) atoms. The van der Waals surface area contributed by atoms with Crippen molar-refractivity contribution in [3.05, 3.63) is 44.0 Å². The number of benzene rings is 1. The first-order valence-electron chi connectivity index (χ1n) is 2.99. The predicted molar refractivity (Wildman–Crippen MR) is 44.7 cm³/mol. The number of fused-ring (bicyclic) bond motifs is 1. The van der Waals surface area contributed by atoms with Gasteiger partial charge in [0.1, 0.15) is 0 Å². The van der Waals surface area contributed by atoms with Gasteiger partial charge in [-0.1, -0.05) is 18.2 Å².